The van der Waals surface area contributed by atoms with Gasteiger partial charge in [-0.05, 0) is 34.9 Å². The van der Waals surface area contributed by atoms with E-state index >= 15 is 0 Å². The summed E-state index contributed by atoms with van der Waals surface area (Å²) in [7, 11) is 0. The maximum absolute atomic E-state index is 13.3. The van der Waals surface area contributed by atoms with Gasteiger partial charge in [0.2, 0.25) is 0 Å². The van der Waals surface area contributed by atoms with Crippen LogP contribution in [0.15, 0.2) is 29.0 Å². The van der Waals surface area contributed by atoms with E-state index in [-0.39, 0.29) is 11.3 Å². The quantitative estimate of drug-likeness (QED) is 0.503. The fraction of sp³-hybridized carbons (Fsp3) is 0.154. The number of benzene rings is 1. The maximum Gasteiger partial charge on any atom is 0.285 e. The molecule has 0 aliphatic rings. The van der Waals surface area contributed by atoms with Gasteiger partial charge in [0.05, 0.1) is 16.7 Å². The molecular weight excluding hydrogens is 297 g/mol. The zero-order valence-corrected chi connectivity index (χ0v) is 11.7. The Morgan fingerprint density at radius 1 is 1.48 bits per heavy atom. The predicted octanol–water partition coefficient (Wildman–Crippen LogP) is 2.35. The Balaban J connectivity index is 2.11. The lowest BCUT2D eigenvalue weighted by Crippen LogP contribution is -2.26. The Morgan fingerprint density at radius 2 is 2.24 bits per heavy atom. The standard InChI is InChI=1S/C13H12FN3O3S/c14-10-6-12(17(19)20)9(5-11(10)15)13(18)16-3-1-8-2-4-21-7-8/h2,4-7H,1,3,15H2,(H,16,18). The number of anilines is 1. The Kier molecular flexibility index (Phi) is 4.49. The van der Waals surface area contributed by atoms with E-state index in [0.29, 0.717) is 19.0 Å². The van der Waals surface area contributed by atoms with Crippen molar-refractivity contribution in [3.05, 3.63) is 56.0 Å². The van der Waals surface area contributed by atoms with Gasteiger partial charge in [0.15, 0.2) is 5.82 Å². The van der Waals surface area contributed by atoms with Gasteiger partial charge >= 0.3 is 0 Å². The summed E-state index contributed by atoms with van der Waals surface area (Å²) in [6, 6.07) is 3.56. The number of rotatable bonds is 5. The molecule has 2 aromatic rings. The second-order valence-corrected chi connectivity index (χ2v) is 5.07. The van der Waals surface area contributed by atoms with Gasteiger partial charge in [-0.2, -0.15) is 11.3 Å². The van der Waals surface area contributed by atoms with Crippen LogP contribution in [0.5, 0.6) is 0 Å². The minimum absolute atomic E-state index is 0.246. The van der Waals surface area contributed by atoms with Gasteiger partial charge in [0.25, 0.3) is 11.6 Å². The summed E-state index contributed by atoms with van der Waals surface area (Å²) >= 11 is 1.54. The molecule has 0 aliphatic heterocycles. The average Bonchev–Trinajstić information content (AvgIpc) is 2.94. The van der Waals surface area contributed by atoms with Gasteiger partial charge in [-0.15, -0.1) is 0 Å². The molecule has 0 radical (unpaired) electrons. The third-order valence-corrected chi connectivity index (χ3v) is 3.57. The van der Waals surface area contributed by atoms with E-state index in [1.54, 1.807) is 11.3 Å². The van der Waals surface area contributed by atoms with E-state index in [2.05, 4.69) is 5.32 Å². The summed E-state index contributed by atoms with van der Waals surface area (Å²) in [6.07, 6.45) is 0.611. The number of amides is 1. The Bertz CT molecular complexity index is 674. The Labute approximate surface area is 123 Å². The van der Waals surface area contributed by atoms with Crippen LogP contribution < -0.4 is 11.1 Å². The summed E-state index contributed by atoms with van der Waals surface area (Å²) in [4.78, 5) is 22.0. The molecule has 0 fully saturated rings. The Hall–Kier alpha value is -2.48. The topological polar surface area (TPSA) is 98.3 Å². The Morgan fingerprint density at radius 3 is 2.86 bits per heavy atom. The summed E-state index contributed by atoms with van der Waals surface area (Å²) < 4.78 is 13.3. The third kappa shape index (κ3) is 3.54. The van der Waals surface area contributed by atoms with E-state index < -0.39 is 22.3 Å². The molecule has 0 aliphatic carbocycles. The molecule has 110 valence electrons. The summed E-state index contributed by atoms with van der Waals surface area (Å²) in [6.45, 7) is 0.323. The van der Waals surface area contributed by atoms with E-state index in [1.807, 2.05) is 16.8 Å². The molecule has 1 aromatic heterocycles. The third-order valence-electron chi connectivity index (χ3n) is 2.84. The van der Waals surface area contributed by atoms with Gasteiger partial charge < -0.3 is 11.1 Å². The van der Waals surface area contributed by atoms with Crippen LogP contribution in [-0.2, 0) is 6.42 Å². The number of nitro groups is 1. The zero-order chi connectivity index (χ0) is 15.4. The van der Waals surface area contributed by atoms with Crippen molar-refractivity contribution in [2.75, 3.05) is 12.3 Å². The van der Waals surface area contributed by atoms with Crippen LogP contribution in [0.3, 0.4) is 0 Å². The highest BCUT2D eigenvalue weighted by molar-refractivity contribution is 7.07. The molecule has 1 amide bonds. The van der Waals surface area contributed by atoms with Crippen LogP contribution >= 0.6 is 11.3 Å². The lowest BCUT2D eigenvalue weighted by molar-refractivity contribution is -0.385. The molecule has 0 unspecified atom stereocenters. The van der Waals surface area contributed by atoms with Crippen LogP contribution in [0.2, 0.25) is 0 Å². The van der Waals surface area contributed by atoms with Crippen molar-refractivity contribution in [2.45, 2.75) is 6.42 Å². The first-order valence-corrected chi connectivity index (χ1v) is 6.96. The first-order valence-electron chi connectivity index (χ1n) is 6.01. The van der Waals surface area contributed by atoms with Crippen LogP contribution in [0.25, 0.3) is 0 Å². The first kappa shape index (κ1) is 14.9. The van der Waals surface area contributed by atoms with Gasteiger partial charge in [0, 0.05) is 6.54 Å². The van der Waals surface area contributed by atoms with E-state index in [0.717, 1.165) is 11.6 Å². The smallest absolute Gasteiger partial charge is 0.285 e. The second kappa shape index (κ2) is 6.31. The molecule has 0 saturated carbocycles. The number of carbonyl (C=O) groups is 1. The highest BCUT2D eigenvalue weighted by Crippen LogP contribution is 2.24. The van der Waals surface area contributed by atoms with Crippen molar-refractivity contribution < 1.29 is 14.1 Å². The maximum atomic E-state index is 13.3. The average molecular weight is 309 g/mol. The highest BCUT2D eigenvalue weighted by atomic mass is 32.1. The van der Waals surface area contributed by atoms with Crippen molar-refractivity contribution >= 4 is 28.6 Å². The van der Waals surface area contributed by atoms with Crippen molar-refractivity contribution in [1.29, 1.82) is 0 Å². The number of hydrogen-bond donors (Lipinski definition) is 2. The number of nitrogens with one attached hydrogen (secondary N) is 1. The monoisotopic (exact) mass is 309 g/mol. The molecule has 1 aromatic carbocycles. The second-order valence-electron chi connectivity index (χ2n) is 4.29. The molecule has 0 spiro atoms. The largest absolute Gasteiger partial charge is 0.396 e. The number of carbonyl (C=O) groups excluding carboxylic acids is 1. The number of nitro benzene ring substituents is 1. The van der Waals surface area contributed by atoms with Gasteiger partial charge in [-0.3, -0.25) is 14.9 Å². The molecular formula is C13H12FN3O3S. The van der Waals surface area contributed by atoms with E-state index in [1.165, 1.54) is 0 Å². The number of nitrogen functional groups attached to an aromatic ring is 1. The van der Waals surface area contributed by atoms with Gasteiger partial charge in [-0.1, -0.05) is 0 Å². The molecule has 0 saturated heterocycles. The normalized spacial score (nSPS) is 10.3. The van der Waals surface area contributed by atoms with Crippen LogP contribution in [0, 0.1) is 15.9 Å². The lowest BCUT2D eigenvalue weighted by atomic mass is 10.1. The van der Waals surface area contributed by atoms with E-state index in [9.17, 15) is 19.3 Å². The molecule has 8 heteroatoms. The first-order chi connectivity index (χ1) is 9.99. The fourth-order valence-electron chi connectivity index (χ4n) is 1.76. The summed E-state index contributed by atoms with van der Waals surface area (Å²) in [5, 5.41) is 17.3. The number of halogens is 1. The summed E-state index contributed by atoms with van der Waals surface area (Å²) in [5.41, 5.74) is 5.27. The molecule has 2 rings (SSSR count). The highest BCUT2D eigenvalue weighted by Gasteiger charge is 2.22. The van der Waals surface area contributed by atoms with Crippen molar-refractivity contribution in [1.82, 2.24) is 5.32 Å². The minimum Gasteiger partial charge on any atom is -0.396 e. The molecule has 6 nitrogen and oxygen atoms in total. The molecule has 3 N–H and O–H groups in total. The number of nitrogens with two attached hydrogens (primary N) is 1. The molecule has 1 heterocycles. The molecule has 0 bridgehead atoms. The minimum atomic E-state index is -0.920. The lowest BCUT2D eigenvalue weighted by Gasteiger charge is -2.07. The molecule has 21 heavy (non-hydrogen) atoms. The molecule has 0 atom stereocenters. The number of nitrogens with zero attached hydrogens (tertiary/aromatic N) is 1. The summed E-state index contributed by atoms with van der Waals surface area (Å²) in [5.74, 6) is -1.57. The number of hydrogen-bond acceptors (Lipinski definition) is 5. The SMILES string of the molecule is Nc1cc(C(=O)NCCc2ccsc2)c([N+](=O)[O-])cc1F. The van der Waals surface area contributed by atoms with Crippen molar-refractivity contribution in [3.63, 3.8) is 0 Å². The fourth-order valence-corrected chi connectivity index (χ4v) is 2.47. The van der Waals surface area contributed by atoms with E-state index in [4.69, 9.17) is 5.73 Å². The van der Waals surface area contributed by atoms with Gasteiger partial charge in [0.1, 0.15) is 5.56 Å². The van der Waals surface area contributed by atoms with Crippen molar-refractivity contribution in [2.24, 2.45) is 0 Å². The van der Waals surface area contributed by atoms with Crippen LogP contribution in [0.1, 0.15) is 15.9 Å². The van der Waals surface area contributed by atoms with Crippen molar-refractivity contribution in [3.8, 4) is 0 Å². The predicted molar refractivity (Wildman–Crippen MR) is 77.8 cm³/mol. The number of thiophene rings is 1. The van der Waals surface area contributed by atoms with Crippen LogP contribution in [-0.4, -0.2) is 17.4 Å². The van der Waals surface area contributed by atoms with Crippen LogP contribution in [0.4, 0.5) is 15.8 Å². The van der Waals surface area contributed by atoms with Gasteiger partial charge in [-0.25, -0.2) is 4.39 Å². The zero-order valence-electron chi connectivity index (χ0n) is 10.8.